The molecule has 38 heavy (non-hydrogen) atoms. The monoisotopic (exact) mass is 498 g/mol. The summed E-state index contributed by atoms with van der Waals surface area (Å²) in [5, 5.41) is 3.83. The number of fused-ring (bicyclic) bond motifs is 3. The minimum absolute atomic E-state index is 0.305. The maximum Gasteiger partial charge on any atom is 0.119 e. The van der Waals surface area contributed by atoms with E-state index in [-0.39, 0.29) is 0 Å². The molecule has 4 aromatic rings. The first kappa shape index (κ1) is 24.2. The fraction of sp³-hybridized carbons (Fsp3) is 0.229. The second-order valence-corrected chi connectivity index (χ2v) is 10.8. The fourth-order valence-electron chi connectivity index (χ4n) is 5.93. The quantitative estimate of drug-likeness (QED) is 0.213. The highest BCUT2D eigenvalue weighted by atomic mass is 16.5. The van der Waals surface area contributed by atoms with Gasteiger partial charge in [0.15, 0.2) is 0 Å². The summed E-state index contributed by atoms with van der Waals surface area (Å²) < 4.78 is 5.99. The van der Waals surface area contributed by atoms with Gasteiger partial charge in [-0.05, 0) is 97.8 Å². The molecule has 3 nitrogen and oxygen atoms in total. The number of aryl methyl sites for hydroxylation is 3. The maximum absolute atomic E-state index is 5.99. The normalized spacial score (nSPS) is 19.7. The molecule has 0 saturated carbocycles. The highest BCUT2D eigenvalue weighted by molar-refractivity contribution is 5.82. The lowest BCUT2D eigenvalue weighted by molar-refractivity contribution is 0.306. The van der Waals surface area contributed by atoms with E-state index in [0.717, 1.165) is 23.4 Å². The van der Waals surface area contributed by atoms with E-state index >= 15 is 0 Å². The fourth-order valence-corrected chi connectivity index (χ4v) is 5.93. The smallest absolute Gasteiger partial charge is 0.119 e. The van der Waals surface area contributed by atoms with Crippen molar-refractivity contribution in [2.75, 3.05) is 5.32 Å². The van der Waals surface area contributed by atoms with Gasteiger partial charge in [0.25, 0.3) is 0 Å². The molecule has 1 aliphatic heterocycles. The number of ether oxygens (including phenoxy) is 1. The van der Waals surface area contributed by atoms with Crippen molar-refractivity contribution in [1.29, 1.82) is 0 Å². The van der Waals surface area contributed by atoms with Crippen LogP contribution in [0.25, 0.3) is 0 Å². The van der Waals surface area contributed by atoms with Crippen molar-refractivity contribution in [2.45, 2.75) is 45.8 Å². The molecule has 0 spiro atoms. The number of nitrogens with one attached hydrogen (secondary N) is 1. The van der Waals surface area contributed by atoms with Gasteiger partial charge in [-0.3, -0.25) is 4.99 Å². The highest BCUT2D eigenvalue weighted by Gasteiger charge is 2.37. The number of hydrogen-bond acceptors (Lipinski definition) is 3. The van der Waals surface area contributed by atoms with E-state index in [4.69, 9.17) is 9.73 Å². The van der Waals surface area contributed by atoms with E-state index in [1.807, 2.05) is 30.5 Å². The van der Waals surface area contributed by atoms with Crippen molar-refractivity contribution in [3.8, 4) is 5.75 Å². The molecule has 0 aromatic heterocycles. The molecule has 190 valence electrons. The molecule has 1 heterocycles. The van der Waals surface area contributed by atoms with Crippen molar-refractivity contribution in [1.82, 2.24) is 0 Å². The average Bonchev–Trinajstić information content (AvgIpc) is 3.41. The topological polar surface area (TPSA) is 33.6 Å². The van der Waals surface area contributed by atoms with Gasteiger partial charge in [-0.15, -0.1) is 0 Å². The third-order valence-electron chi connectivity index (χ3n) is 7.70. The lowest BCUT2D eigenvalue weighted by Crippen LogP contribution is -2.29. The zero-order chi connectivity index (χ0) is 26.1. The lowest BCUT2D eigenvalue weighted by atomic mass is 9.76. The van der Waals surface area contributed by atoms with Crippen molar-refractivity contribution < 1.29 is 4.74 Å². The zero-order valence-electron chi connectivity index (χ0n) is 22.3. The number of allylic oxidation sites excluding steroid dienone is 2. The van der Waals surface area contributed by atoms with Crippen LogP contribution in [-0.4, -0.2) is 6.21 Å². The van der Waals surface area contributed by atoms with Crippen molar-refractivity contribution in [3.63, 3.8) is 0 Å². The summed E-state index contributed by atoms with van der Waals surface area (Å²) in [6, 6.07) is 30.4. The highest BCUT2D eigenvalue weighted by Crippen LogP contribution is 2.50. The summed E-state index contributed by atoms with van der Waals surface area (Å²) in [4.78, 5) is 4.72. The molecule has 4 aromatic carbocycles. The number of aliphatic imine (C=N–C) groups is 1. The van der Waals surface area contributed by atoms with Crippen LogP contribution in [-0.2, 0) is 6.61 Å². The van der Waals surface area contributed by atoms with Crippen LogP contribution in [0.4, 0.5) is 11.4 Å². The van der Waals surface area contributed by atoms with E-state index in [1.54, 1.807) is 0 Å². The van der Waals surface area contributed by atoms with Gasteiger partial charge in [0, 0.05) is 17.8 Å². The minimum Gasteiger partial charge on any atom is -0.489 e. The van der Waals surface area contributed by atoms with E-state index in [0.29, 0.717) is 24.5 Å². The minimum atomic E-state index is 0.305. The molecular formula is C35H34N2O. The van der Waals surface area contributed by atoms with Crippen LogP contribution in [0.5, 0.6) is 5.75 Å². The number of anilines is 1. The first-order valence-electron chi connectivity index (χ1n) is 13.5. The molecule has 2 aliphatic rings. The Morgan fingerprint density at radius 1 is 0.842 bits per heavy atom. The van der Waals surface area contributed by atoms with Crippen LogP contribution in [0.1, 0.15) is 57.3 Å². The molecule has 0 fully saturated rings. The van der Waals surface area contributed by atoms with Crippen molar-refractivity contribution in [2.24, 2.45) is 10.9 Å². The van der Waals surface area contributed by atoms with Crippen LogP contribution in [0.3, 0.4) is 0 Å². The predicted octanol–water partition coefficient (Wildman–Crippen LogP) is 8.77. The first-order valence-corrected chi connectivity index (χ1v) is 13.5. The Bertz CT molecular complexity index is 1480. The van der Waals surface area contributed by atoms with Crippen LogP contribution in [0.2, 0.25) is 0 Å². The Labute approximate surface area is 225 Å². The van der Waals surface area contributed by atoms with Gasteiger partial charge in [-0.25, -0.2) is 0 Å². The van der Waals surface area contributed by atoms with Gasteiger partial charge in [-0.2, -0.15) is 0 Å². The molecule has 3 heteroatoms. The Kier molecular flexibility index (Phi) is 6.59. The van der Waals surface area contributed by atoms with E-state index < -0.39 is 0 Å². The van der Waals surface area contributed by atoms with Gasteiger partial charge >= 0.3 is 0 Å². The molecule has 6 rings (SSSR count). The van der Waals surface area contributed by atoms with E-state index in [1.165, 1.54) is 39.1 Å². The number of rotatable bonds is 6. The predicted molar refractivity (Wildman–Crippen MR) is 158 cm³/mol. The van der Waals surface area contributed by atoms with Gasteiger partial charge in [0.1, 0.15) is 12.4 Å². The second kappa shape index (κ2) is 10.3. The summed E-state index contributed by atoms with van der Waals surface area (Å²) in [7, 11) is 0. The first-order chi connectivity index (χ1) is 18.5. The molecule has 1 aliphatic carbocycles. The molecule has 0 saturated heterocycles. The summed E-state index contributed by atoms with van der Waals surface area (Å²) in [6.45, 7) is 6.98. The largest absolute Gasteiger partial charge is 0.489 e. The van der Waals surface area contributed by atoms with Gasteiger partial charge in [-0.1, -0.05) is 71.3 Å². The Hall–Kier alpha value is -4.11. The van der Waals surface area contributed by atoms with E-state index in [9.17, 15) is 0 Å². The number of nitrogens with zero attached hydrogens (tertiary/aromatic N) is 1. The number of benzene rings is 4. The summed E-state index contributed by atoms with van der Waals surface area (Å²) in [5.41, 5.74) is 11.1. The van der Waals surface area contributed by atoms with Crippen LogP contribution in [0, 0.1) is 26.7 Å². The van der Waals surface area contributed by atoms with Gasteiger partial charge in [0.05, 0.1) is 11.7 Å². The van der Waals surface area contributed by atoms with Gasteiger partial charge in [0.2, 0.25) is 0 Å². The molecular weight excluding hydrogens is 464 g/mol. The Morgan fingerprint density at radius 3 is 2.37 bits per heavy atom. The Balaban J connectivity index is 1.10. The lowest BCUT2D eigenvalue weighted by Gasteiger charge is -2.37. The van der Waals surface area contributed by atoms with Crippen LogP contribution in [0.15, 0.2) is 102 Å². The van der Waals surface area contributed by atoms with Gasteiger partial charge < -0.3 is 10.1 Å². The average molecular weight is 499 g/mol. The third kappa shape index (κ3) is 5.15. The Morgan fingerprint density at radius 2 is 1.61 bits per heavy atom. The SMILES string of the molecule is Cc1cc(C)cc(COc2ccc(C=Nc3ccc([C@@H]4Nc5ccc(C)cc5[C@H]5C=CC[C@H]54)cc3)cc2)c1. The van der Waals surface area contributed by atoms with E-state index in [2.05, 4.69) is 98.9 Å². The zero-order valence-corrected chi connectivity index (χ0v) is 22.3. The summed E-state index contributed by atoms with van der Waals surface area (Å²) in [5.74, 6) is 1.90. The standard InChI is InChI=1S/C35H34N2O/c1-23-7-16-34-33(20-23)31-5-4-6-32(31)35(37-34)28-10-12-29(13-11-28)36-21-26-8-14-30(15-9-26)38-22-27-18-24(2)17-25(3)19-27/h4-5,7-21,31-32,35,37H,6,22H2,1-3H3/t31-,32+,35-/m0/s1. The van der Waals surface area contributed by atoms with Crippen LogP contribution >= 0.6 is 0 Å². The molecule has 3 atom stereocenters. The summed E-state index contributed by atoms with van der Waals surface area (Å²) >= 11 is 0. The molecule has 0 unspecified atom stereocenters. The molecule has 1 N–H and O–H groups in total. The summed E-state index contributed by atoms with van der Waals surface area (Å²) in [6.07, 6.45) is 7.77. The second-order valence-electron chi connectivity index (χ2n) is 10.8. The number of hydrogen-bond donors (Lipinski definition) is 1. The molecule has 0 amide bonds. The van der Waals surface area contributed by atoms with Crippen molar-refractivity contribution >= 4 is 17.6 Å². The van der Waals surface area contributed by atoms with Crippen molar-refractivity contribution in [3.05, 3.63) is 136 Å². The third-order valence-corrected chi connectivity index (χ3v) is 7.70. The molecule has 0 bridgehead atoms. The van der Waals surface area contributed by atoms with Crippen LogP contribution < -0.4 is 10.1 Å². The maximum atomic E-state index is 5.99. The molecule has 0 radical (unpaired) electrons.